The second kappa shape index (κ2) is 8.18. The van der Waals surface area contributed by atoms with Gasteiger partial charge in [0.05, 0.1) is 30.1 Å². The molecule has 4 rings (SSSR count). The lowest BCUT2D eigenvalue weighted by Gasteiger charge is -2.28. The molecule has 152 valence electrons. The highest BCUT2D eigenvalue weighted by Crippen LogP contribution is 2.19. The molecule has 1 aromatic carbocycles. The molecule has 0 unspecified atom stereocenters. The maximum Gasteiger partial charge on any atom is 0.367 e. The molecule has 0 saturated carbocycles. The Bertz CT molecular complexity index is 1110. The van der Waals surface area contributed by atoms with E-state index in [0.29, 0.717) is 37.5 Å². The summed E-state index contributed by atoms with van der Waals surface area (Å²) in [6, 6.07) is 6.07. The number of benzene rings is 1. The number of carbonyl (C=O) groups excluding carboxylic acids is 1. The summed E-state index contributed by atoms with van der Waals surface area (Å²) in [7, 11) is 0. The summed E-state index contributed by atoms with van der Waals surface area (Å²) in [5.74, 6) is -0.990. The quantitative estimate of drug-likeness (QED) is 0.657. The largest absolute Gasteiger partial charge is 0.378 e. The first-order valence-corrected chi connectivity index (χ1v) is 9.39. The van der Waals surface area contributed by atoms with Crippen LogP contribution in [0.1, 0.15) is 5.56 Å². The Balaban J connectivity index is 1.50. The molecule has 11 heteroatoms. The molecule has 0 bridgehead atoms. The van der Waals surface area contributed by atoms with Crippen molar-refractivity contribution in [3.63, 3.8) is 0 Å². The van der Waals surface area contributed by atoms with Gasteiger partial charge in [0.25, 0.3) is 0 Å². The van der Waals surface area contributed by atoms with Gasteiger partial charge in [-0.1, -0.05) is 17.7 Å². The molecule has 0 aliphatic carbocycles. The van der Waals surface area contributed by atoms with Crippen LogP contribution in [0.2, 0.25) is 5.02 Å². The van der Waals surface area contributed by atoms with Crippen molar-refractivity contribution in [1.82, 2.24) is 24.7 Å². The van der Waals surface area contributed by atoms with Crippen molar-refractivity contribution in [2.75, 3.05) is 31.2 Å². The molecular weight excluding hydrogens is 403 g/mol. The summed E-state index contributed by atoms with van der Waals surface area (Å²) in [6.45, 7) is 2.37. The molecule has 1 fully saturated rings. The summed E-state index contributed by atoms with van der Waals surface area (Å²) in [5.41, 5.74) is 1.19. The predicted octanol–water partition coefficient (Wildman–Crippen LogP) is 0.837. The summed E-state index contributed by atoms with van der Waals surface area (Å²) >= 11 is 5.65. The van der Waals surface area contributed by atoms with E-state index in [-0.39, 0.29) is 18.1 Å². The Morgan fingerprint density at radius 1 is 1.28 bits per heavy atom. The van der Waals surface area contributed by atoms with Gasteiger partial charge in [0.2, 0.25) is 11.6 Å². The van der Waals surface area contributed by atoms with Crippen LogP contribution in [0.25, 0.3) is 5.65 Å². The number of morpholine rings is 1. The molecule has 9 nitrogen and oxygen atoms in total. The highest BCUT2D eigenvalue weighted by molar-refractivity contribution is 6.30. The standard InChI is InChI=1S/C18H18ClFN6O3/c19-13-2-1-12(9-14(13)20)10-21-16(27)11-25-18(28)26-17(23-25)15(3-4-22-26)24-5-7-29-8-6-24/h1-4,9H,5-8,10-11H2,(H,21,27). The maximum absolute atomic E-state index is 13.5. The number of ether oxygens (including phenoxy) is 1. The number of aromatic nitrogens is 4. The Morgan fingerprint density at radius 3 is 2.83 bits per heavy atom. The van der Waals surface area contributed by atoms with Crippen LogP contribution < -0.4 is 15.9 Å². The smallest absolute Gasteiger partial charge is 0.367 e. The fourth-order valence-corrected chi connectivity index (χ4v) is 3.22. The van der Waals surface area contributed by atoms with Crippen molar-refractivity contribution < 1.29 is 13.9 Å². The molecule has 0 spiro atoms. The third kappa shape index (κ3) is 4.08. The van der Waals surface area contributed by atoms with Crippen LogP contribution in [0.4, 0.5) is 10.1 Å². The molecule has 1 aliphatic rings. The van der Waals surface area contributed by atoms with Crippen LogP contribution in [0.3, 0.4) is 0 Å². The van der Waals surface area contributed by atoms with E-state index in [9.17, 15) is 14.0 Å². The maximum atomic E-state index is 13.5. The second-order valence-electron chi connectivity index (χ2n) is 6.52. The van der Waals surface area contributed by atoms with Gasteiger partial charge in [0.1, 0.15) is 12.4 Å². The van der Waals surface area contributed by atoms with Crippen LogP contribution >= 0.6 is 11.6 Å². The lowest BCUT2D eigenvalue weighted by molar-refractivity contribution is -0.122. The van der Waals surface area contributed by atoms with Gasteiger partial charge in [0, 0.05) is 19.6 Å². The monoisotopic (exact) mass is 420 g/mol. The van der Waals surface area contributed by atoms with Crippen molar-refractivity contribution in [2.24, 2.45) is 0 Å². The molecular formula is C18H18ClFN6O3. The van der Waals surface area contributed by atoms with E-state index in [1.165, 1.54) is 22.8 Å². The van der Waals surface area contributed by atoms with Crippen molar-refractivity contribution in [3.8, 4) is 0 Å². The Labute approximate surface area is 169 Å². The lowest BCUT2D eigenvalue weighted by atomic mass is 10.2. The second-order valence-corrected chi connectivity index (χ2v) is 6.92. The van der Waals surface area contributed by atoms with Crippen LogP contribution in [-0.4, -0.2) is 51.6 Å². The molecule has 1 amide bonds. The number of fused-ring (bicyclic) bond motifs is 1. The zero-order valence-electron chi connectivity index (χ0n) is 15.3. The van der Waals surface area contributed by atoms with Gasteiger partial charge in [-0.2, -0.15) is 9.61 Å². The molecule has 3 heterocycles. The molecule has 1 N–H and O–H groups in total. The van der Waals surface area contributed by atoms with Crippen molar-refractivity contribution in [2.45, 2.75) is 13.1 Å². The summed E-state index contributed by atoms with van der Waals surface area (Å²) < 4.78 is 21.1. The van der Waals surface area contributed by atoms with Gasteiger partial charge in [-0.25, -0.2) is 13.9 Å². The minimum Gasteiger partial charge on any atom is -0.378 e. The molecule has 29 heavy (non-hydrogen) atoms. The normalized spacial score (nSPS) is 14.3. The minimum atomic E-state index is -0.559. The van der Waals surface area contributed by atoms with E-state index < -0.39 is 17.4 Å². The van der Waals surface area contributed by atoms with Crippen LogP contribution in [0.15, 0.2) is 35.3 Å². The lowest BCUT2D eigenvalue weighted by Crippen LogP contribution is -2.36. The van der Waals surface area contributed by atoms with Gasteiger partial charge in [0.15, 0.2) is 0 Å². The summed E-state index contributed by atoms with van der Waals surface area (Å²) in [6.07, 6.45) is 1.53. The topological polar surface area (TPSA) is 93.8 Å². The van der Waals surface area contributed by atoms with E-state index in [1.807, 2.05) is 0 Å². The van der Waals surface area contributed by atoms with E-state index >= 15 is 0 Å². The number of halogens is 2. The number of hydrogen-bond acceptors (Lipinski definition) is 6. The van der Waals surface area contributed by atoms with Gasteiger partial charge in [-0.15, -0.1) is 5.10 Å². The average molecular weight is 421 g/mol. The van der Waals surface area contributed by atoms with Crippen molar-refractivity contribution in [3.05, 3.63) is 57.3 Å². The summed E-state index contributed by atoms with van der Waals surface area (Å²) in [5, 5.41) is 11.0. The Kier molecular flexibility index (Phi) is 5.45. The number of hydrogen-bond donors (Lipinski definition) is 1. The van der Waals surface area contributed by atoms with Gasteiger partial charge < -0.3 is 15.0 Å². The number of amides is 1. The van der Waals surface area contributed by atoms with E-state index in [4.69, 9.17) is 16.3 Å². The molecule has 1 saturated heterocycles. The zero-order valence-corrected chi connectivity index (χ0v) is 16.1. The van der Waals surface area contributed by atoms with E-state index in [1.54, 1.807) is 12.1 Å². The third-order valence-electron chi connectivity index (χ3n) is 4.58. The number of rotatable bonds is 5. The molecule has 3 aromatic rings. The number of nitrogens with one attached hydrogen (secondary N) is 1. The molecule has 0 atom stereocenters. The van der Waals surface area contributed by atoms with Gasteiger partial charge in [-0.3, -0.25) is 4.79 Å². The Morgan fingerprint density at radius 2 is 2.07 bits per heavy atom. The zero-order chi connectivity index (χ0) is 20.4. The summed E-state index contributed by atoms with van der Waals surface area (Å²) in [4.78, 5) is 26.9. The van der Waals surface area contributed by atoms with E-state index in [2.05, 4.69) is 20.4 Å². The number of anilines is 1. The third-order valence-corrected chi connectivity index (χ3v) is 4.89. The van der Waals surface area contributed by atoms with Crippen LogP contribution in [0.5, 0.6) is 0 Å². The first-order valence-electron chi connectivity index (χ1n) is 9.01. The van der Waals surface area contributed by atoms with Gasteiger partial charge >= 0.3 is 5.69 Å². The minimum absolute atomic E-state index is 0.0138. The predicted molar refractivity (Wildman–Crippen MR) is 104 cm³/mol. The number of nitrogens with zero attached hydrogens (tertiary/aromatic N) is 5. The highest BCUT2D eigenvalue weighted by atomic mass is 35.5. The highest BCUT2D eigenvalue weighted by Gasteiger charge is 2.19. The fraction of sp³-hybridized carbons (Fsp3) is 0.333. The van der Waals surface area contributed by atoms with Crippen LogP contribution in [0, 0.1) is 5.82 Å². The van der Waals surface area contributed by atoms with Crippen molar-refractivity contribution in [1.29, 1.82) is 0 Å². The van der Waals surface area contributed by atoms with Crippen molar-refractivity contribution >= 4 is 28.8 Å². The SMILES string of the molecule is O=C(Cn1nc2c(N3CCOCC3)ccnn2c1=O)NCc1ccc(Cl)c(F)c1. The molecule has 1 aliphatic heterocycles. The molecule has 2 aromatic heterocycles. The number of carbonyl (C=O) groups is 1. The first-order chi connectivity index (χ1) is 14.0. The van der Waals surface area contributed by atoms with E-state index in [0.717, 1.165) is 10.4 Å². The Hall–Kier alpha value is -2.98. The van der Waals surface area contributed by atoms with Gasteiger partial charge in [-0.05, 0) is 23.8 Å². The first kappa shape index (κ1) is 19.3. The van der Waals surface area contributed by atoms with Crippen LogP contribution in [-0.2, 0) is 22.6 Å². The average Bonchev–Trinajstić information content (AvgIpc) is 3.05. The molecule has 0 radical (unpaired) electrons. The fourth-order valence-electron chi connectivity index (χ4n) is 3.10.